The lowest BCUT2D eigenvalue weighted by atomic mass is 10.2. The van der Waals surface area contributed by atoms with Crippen LogP contribution in [0.1, 0.15) is 11.1 Å². The molecular weight excluding hydrogens is 439 g/mol. The summed E-state index contributed by atoms with van der Waals surface area (Å²) in [6, 6.07) is 13.5. The van der Waals surface area contributed by atoms with Crippen molar-refractivity contribution in [3.05, 3.63) is 87.2 Å². The number of halogens is 2. The van der Waals surface area contributed by atoms with Crippen molar-refractivity contribution in [3.63, 3.8) is 0 Å². The zero-order valence-electron chi connectivity index (χ0n) is 16.2. The van der Waals surface area contributed by atoms with Gasteiger partial charge in [0.1, 0.15) is 10.6 Å². The summed E-state index contributed by atoms with van der Waals surface area (Å²) < 4.78 is 20.9. The van der Waals surface area contributed by atoms with Gasteiger partial charge >= 0.3 is 0 Å². The molecule has 0 atom stereocenters. The van der Waals surface area contributed by atoms with Gasteiger partial charge in [-0.05, 0) is 42.8 Å². The van der Waals surface area contributed by atoms with E-state index >= 15 is 0 Å². The Kier molecular flexibility index (Phi) is 4.88. The predicted octanol–water partition coefficient (Wildman–Crippen LogP) is 5.32. The van der Waals surface area contributed by atoms with Crippen molar-refractivity contribution < 1.29 is 8.91 Å². The number of hydrogen-bond donors (Lipinski definition) is 0. The average molecular weight is 453 g/mol. The molecule has 0 amide bonds. The Morgan fingerprint density at radius 2 is 1.94 bits per heavy atom. The Morgan fingerprint density at radius 1 is 1.16 bits per heavy atom. The van der Waals surface area contributed by atoms with Crippen LogP contribution in [0.25, 0.3) is 32.4 Å². The van der Waals surface area contributed by atoms with Crippen LogP contribution in [0.2, 0.25) is 5.02 Å². The van der Waals surface area contributed by atoms with Crippen molar-refractivity contribution >= 4 is 33.2 Å². The summed E-state index contributed by atoms with van der Waals surface area (Å²) in [5.41, 5.74) is 1.64. The number of rotatable bonds is 4. The fourth-order valence-electron chi connectivity index (χ4n) is 3.32. The van der Waals surface area contributed by atoms with Gasteiger partial charge in [-0.2, -0.15) is 4.98 Å². The zero-order valence-corrected chi connectivity index (χ0v) is 17.7. The van der Waals surface area contributed by atoms with Crippen molar-refractivity contribution in [3.8, 4) is 22.2 Å². The number of aryl methyl sites for hydroxylation is 1. The molecule has 0 unspecified atom stereocenters. The van der Waals surface area contributed by atoms with Crippen LogP contribution in [-0.2, 0) is 6.54 Å². The van der Waals surface area contributed by atoms with Crippen LogP contribution in [0.5, 0.6) is 0 Å². The maximum absolute atomic E-state index is 14.0. The highest BCUT2D eigenvalue weighted by Gasteiger charge is 2.21. The molecule has 0 saturated heterocycles. The van der Waals surface area contributed by atoms with E-state index in [2.05, 4.69) is 15.1 Å². The second-order valence-electron chi connectivity index (χ2n) is 6.94. The normalized spacial score (nSPS) is 11.3. The summed E-state index contributed by atoms with van der Waals surface area (Å²) >= 11 is 7.24. The summed E-state index contributed by atoms with van der Waals surface area (Å²) in [4.78, 5) is 23.2. The number of hydrogen-bond acceptors (Lipinski definition) is 6. The molecule has 0 aliphatic carbocycles. The highest BCUT2D eigenvalue weighted by atomic mass is 35.5. The van der Waals surface area contributed by atoms with Gasteiger partial charge in [-0.25, -0.2) is 9.37 Å². The maximum Gasteiger partial charge on any atom is 0.268 e. The third kappa shape index (κ3) is 3.54. The van der Waals surface area contributed by atoms with E-state index in [4.69, 9.17) is 16.1 Å². The molecule has 5 aromatic rings. The molecule has 6 nitrogen and oxygen atoms in total. The SMILES string of the molecule is Cc1c(-c2nc(-c3ccc(Cl)cc3)no2)sc2ncn(Cc3ccccc3F)c(=O)c12. The number of benzene rings is 2. The van der Waals surface area contributed by atoms with Crippen LogP contribution in [0.4, 0.5) is 4.39 Å². The molecule has 0 aliphatic rings. The van der Waals surface area contributed by atoms with Gasteiger partial charge in [0.05, 0.1) is 23.1 Å². The van der Waals surface area contributed by atoms with E-state index in [1.165, 1.54) is 28.3 Å². The van der Waals surface area contributed by atoms with E-state index in [1.54, 1.807) is 42.5 Å². The molecule has 0 aliphatic heterocycles. The summed E-state index contributed by atoms with van der Waals surface area (Å²) in [6.07, 6.45) is 1.43. The first-order valence-corrected chi connectivity index (χ1v) is 10.5. The molecule has 0 radical (unpaired) electrons. The molecule has 3 heterocycles. The highest BCUT2D eigenvalue weighted by molar-refractivity contribution is 7.22. The second-order valence-corrected chi connectivity index (χ2v) is 8.37. The monoisotopic (exact) mass is 452 g/mol. The van der Waals surface area contributed by atoms with Gasteiger partial charge in [0.15, 0.2) is 0 Å². The standard InChI is InChI=1S/C22H14ClFN4O2S/c1-12-17-21(25-11-28(22(17)29)10-14-4-2-3-5-16(14)24)31-18(12)20-26-19(27-30-20)13-6-8-15(23)9-7-13/h2-9,11H,10H2,1H3. The van der Waals surface area contributed by atoms with E-state index in [-0.39, 0.29) is 17.9 Å². The molecule has 31 heavy (non-hydrogen) atoms. The van der Waals surface area contributed by atoms with Crippen molar-refractivity contribution in [2.45, 2.75) is 13.5 Å². The zero-order chi connectivity index (χ0) is 21.5. The fraction of sp³-hybridized carbons (Fsp3) is 0.0909. The van der Waals surface area contributed by atoms with E-state index in [1.807, 2.05) is 6.92 Å². The first kappa shape index (κ1) is 19.6. The average Bonchev–Trinajstić information content (AvgIpc) is 3.37. The van der Waals surface area contributed by atoms with Crippen molar-refractivity contribution in [1.29, 1.82) is 0 Å². The topological polar surface area (TPSA) is 73.8 Å². The van der Waals surface area contributed by atoms with Crippen LogP contribution >= 0.6 is 22.9 Å². The summed E-state index contributed by atoms with van der Waals surface area (Å²) in [5, 5.41) is 5.12. The summed E-state index contributed by atoms with van der Waals surface area (Å²) in [6.45, 7) is 1.91. The largest absolute Gasteiger partial charge is 0.333 e. The first-order valence-electron chi connectivity index (χ1n) is 9.33. The Labute approximate surface area is 184 Å². The molecule has 2 aromatic carbocycles. The molecule has 0 N–H and O–H groups in total. The van der Waals surface area contributed by atoms with Crippen LogP contribution < -0.4 is 5.56 Å². The lowest BCUT2D eigenvalue weighted by Gasteiger charge is -2.06. The highest BCUT2D eigenvalue weighted by Crippen LogP contribution is 2.35. The maximum atomic E-state index is 14.0. The molecule has 0 saturated carbocycles. The van der Waals surface area contributed by atoms with Crippen molar-refractivity contribution in [1.82, 2.24) is 19.7 Å². The smallest absolute Gasteiger partial charge is 0.268 e. The molecule has 9 heteroatoms. The summed E-state index contributed by atoms with van der Waals surface area (Å²) in [7, 11) is 0. The van der Waals surface area contributed by atoms with Gasteiger partial charge in [-0.3, -0.25) is 9.36 Å². The molecule has 0 fully saturated rings. The molecule has 5 rings (SSSR count). The predicted molar refractivity (Wildman–Crippen MR) is 118 cm³/mol. The minimum atomic E-state index is -0.363. The second kappa shape index (κ2) is 7.72. The number of nitrogens with zero attached hydrogens (tertiary/aromatic N) is 4. The van der Waals surface area contributed by atoms with Gasteiger partial charge in [-0.1, -0.05) is 35.0 Å². The Hall–Kier alpha value is -3.36. The molecule has 0 spiro atoms. The van der Waals surface area contributed by atoms with Crippen molar-refractivity contribution in [2.75, 3.05) is 0 Å². The van der Waals surface area contributed by atoms with Crippen molar-refractivity contribution in [2.24, 2.45) is 0 Å². The Balaban J connectivity index is 1.55. The lowest BCUT2D eigenvalue weighted by Crippen LogP contribution is -2.21. The quantitative estimate of drug-likeness (QED) is 0.368. The van der Waals surface area contributed by atoms with Gasteiger partial charge in [0, 0.05) is 16.1 Å². The Bertz CT molecular complexity index is 1470. The minimum absolute atomic E-state index is 0.0976. The van der Waals surface area contributed by atoms with Gasteiger partial charge in [0.2, 0.25) is 5.82 Å². The number of aromatic nitrogens is 4. The van der Waals surface area contributed by atoms with E-state index in [0.29, 0.717) is 43.0 Å². The summed E-state index contributed by atoms with van der Waals surface area (Å²) in [5.74, 6) is 0.372. The number of fused-ring (bicyclic) bond motifs is 1. The van der Waals surface area contributed by atoms with Gasteiger partial charge < -0.3 is 4.52 Å². The van der Waals surface area contributed by atoms with E-state index < -0.39 is 0 Å². The van der Waals surface area contributed by atoms with Crippen LogP contribution in [-0.4, -0.2) is 19.7 Å². The van der Waals surface area contributed by atoms with Crippen LogP contribution in [0.15, 0.2) is 64.2 Å². The lowest BCUT2D eigenvalue weighted by molar-refractivity contribution is 0.433. The molecule has 154 valence electrons. The minimum Gasteiger partial charge on any atom is -0.333 e. The first-order chi connectivity index (χ1) is 15.0. The van der Waals surface area contributed by atoms with E-state index in [0.717, 1.165) is 5.56 Å². The molecule has 3 aromatic heterocycles. The number of thiophene rings is 1. The van der Waals surface area contributed by atoms with Gasteiger partial charge in [0.25, 0.3) is 11.4 Å². The third-order valence-electron chi connectivity index (χ3n) is 4.94. The third-order valence-corrected chi connectivity index (χ3v) is 6.38. The fourth-order valence-corrected chi connectivity index (χ4v) is 4.50. The van der Waals surface area contributed by atoms with Gasteiger partial charge in [-0.15, -0.1) is 11.3 Å². The van der Waals surface area contributed by atoms with E-state index in [9.17, 15) is 9.18 Å². The molecule has 0 bridgehead atoms. The Morgan fingerprint density at radius 3 is 2.71 bits per heavy atom. The molecular formula is C22H14ClFN4O2S. The van der Waals surface area contributed by atoms with Crippen LogP contribution in [0.3, 0.4) is 0 Å². The van der Waals surface area contributed by atoms with Crippen LogP contribution in [0, 0.1) is 12.7 Å².